The third-order valence-electron chi connectivity index (χ3n) is 5.45. The lowest BCUT2D eigenvalue weighted by molar-refractivity contribution is -0.131. The molecule has 3 aromatic rings. The lowest BCUT2D eigenvalue weighted by Crippen LogP contribution is -2.39. The van der Waals surface area contributed by atoms with Crippen molar-refractivity contribution in [2.75, 3.05) is 11.9 Å². The molecule has 1 aliphatic heterocycles. The van der Waals surface area contributed by atoms with E-state index in [2.05, 4.69) is 20.3 Å². The van der Waals surface area contributed by atoms with E-state index in [1.165, 1.54) is 4.90 Å². The maximum absolute atomic E-state index is 12.5. The number of aryl methyl sites for hydroxylation is 2. The molecule has 0 aromatic carbocycles. The van der Waals surface area contributed by atoms with Crippen LogP contribution in [0.5, 0.6) is 11.5 Å². The quantitative estimate of drug-likeness (QED) is 0.641. The van der Waals surface area contributed by atoms with Gasteiger partial charge in [-0.3, -0.25) is 25.0 Å². The highest BCUT2D eigenvalue weighted by atomic mass is 16.5. The highest BCUT2D eigenvalue weighted by Gasteiger charge is 2.41. The van der Waals surface area contributed by atoms with Gasteiger partial charge in [0.25, 0.3) is 0 Å². The van der Waals surface area contributed by atoms with Crippen LogP contribution in [0.1, 0.15) is 31.7 Å². The van der Waals surface area contributed by atoms with Gasteiger partial charge in [0.1, 0.15) is 17.3 Å². The molecule has 0 atom stereocenters. The Morgan fingerprint density at radius 1 is 1.09 bits per heavy atom. The van der Waals surface area contributed by atoms with Crippen molar-refractivity contribution in [1.29, 1.82) is 0 Å². The van der Waals surface area contributed by atoms with Crippen LogP contribution in [-0.2, 0) is 4.79 Å². The van der Waals surface area contributed by atoms with E-state index in [0.29, 0.717) is 36.0 Å². The number of ether oxygens (including phenoxy) is 1. The van der Waals surface area contributed by atoms with E-state index >= 15 is 0 Å². The summed E-state index contributed by atoms with van der Waals surface area (Å²) in [5, 5.41) is 2.70. The van der Waals surface area contributed by atoms with Crippen molar-refractivity contribution < 1.29 is 14.3 Å². The largest absolute Gasteiger partial charge is 0.455 e. The van der Waals surface area contributed by atoms with Gasteiger partial charge in [0.2, 0.25) is 5.91 Å². The standard InChI is InChI=1S/C24H25N5O3/c1-15-13-17(7-10-25-15)19-14-18(8-11-26-19)32-20-5-6-21(27-16(20)2)28-23(31)29-12-9-24(3,4)22(29)30/h5-8,10-11,13-14H,9,12H2,1-4H3,(H,27,28,31). The fraction of sp³-hybridized carbons (Fsp3) is 0.292. The smallest absolute Gasteiger partial charge is 0.329 e. The number of urea groups is 1. The molecule has 1 N–H and O–H groups in total. The Bertz CT molecular complexity index is 1190. The van der Waals surface area contributed by atoms with Gasteiger partial charge in [-0.1, -0.05) is 13.8 Å². The third-order valence-corrected chi connectivity index (χ3v) is 5.45. The molecule has 0 saturated carbocycles. The van der Waals surface area contributed by atoms with Gasteiger partial charge in [-0.05, 0) is 50.6 Å². The predicted octanol–water partition coefficient (Wildman–Crippen LogP) is 4.74. The number of likely N-dealkylation sites (tertiary alicyclic amines) is 1. The molecule has 8 heteroatoms. The van der Waals surface area contributed by atoms with Crippen LogP contribution in [0.2, 0.25) is 0 Å². The van der Waals surface area contributed by atoms with E-state index in [4.69, 9.17) is 4.74 Å². The van der Waals surface area contributed by atoms with E-state index in [1.807, 2.05) is 39.0 Å². The number of anilines is 1. The van der Waals surface area contributed by atoms with Crippen LogP contribution >= 0.6 is 0 Å². The van der Waals surface area contributed by atoms with E-state index in [-0.39, 0.29) is 5.91 Å². The lowest BCUT2D eigenvalue weighted by atomic mass is 9.92. The summed E-state index contributed by atoms with van der Waals surface area (Å²) >= 11 is 0. The summed E-state index contributed by atoms with van der Waals surface area (Å²) in [5.41, 5.74) is 2.73. The number of carbonyl (C=O) groups excluding carboxylic acids is 2. The summed E-state index contributed by atoms with van der Waals surface area (Å²) in [7, 11) is 0. The first-order valence-corrected chi connectivity index (χ1v) is 10.4. The number of hydrogen-bond acceptors (Lipinski definition) is 6. The second-order valence-corrected chi connectivity index (χ2v) is 8.47. The lowest BCUT2D eigenvalue weighted by Gasteiger charge is -2.18. The minimum atomic E-state index is -0.517. The maximum atomic E-state index is 12.5. The molecule has 0 bridgehead atoms. The highest BCUT2D eigenvalue weighted by Crippen LogP contribution is 2.31. The molecular weight excluding hydrogens is 406 g/mol. The monoisotopic (exact) mass is 431 g/mol. The molecule has 164 valence electrons. The molecule has 4 rings (SSSR count). The zero-order chi connectivity index (χ0) is 22.9. The summed E-state index contributed by atoms with van der Waals surface area (Å²) < 4.78 is 6.01. The van der Waals surface area contributed by atoms with Crippen molar-refractivity contribution in [3.05, 3.63) is 60.2 Å². The average Bonchev–Trinajstić information content (AvgIpc) is 3.03. The van der Waals surface area contributed by atoms with Crippen molar-refractivity contribution in [3.63, 3.8) is 0 Å². The van der Waals surface area contributed by atoms with Gasteiger partial charge in [0.15, 0.2) is 0 Å². The molecule has 0 aliphatic carbocycles. The van der Waals surface area contributed by atoms with Crippen LogP contribution in [0.15, 0.2) is 48.8 Å². The summed E-state index contributed by atoms with van der Waals surface area (Å²) in [6.45, 7) is 7.82. The molecule has 1 fully saturated rings. The normalized spacial score (nSPS) is 15.0. The van der Waals surface area contributed by atoms with Crippen molar-refractivity contribution >= 4 is 17.8 Å². The molecule has 1 saturated heterocycles. The fourth-order valence-electron chi connectivity index (χ4n) is 3.53. The average molecular weight is 431 g/mol. The molecule has 8 nitrogen and oxygen atoms in total. The van der Waals surface area contributed by atoms with E-state index in [9.17, 15) is 9.59 Å². The van der Waals surface area contributed by atoms with Crippen LogP contribution in [0.3, 0.4) is 0 Å². The Kier molecular flexibility index (Phi) is 5.61. The molecule has 0 radical (unpaired) electrons. The second-order valence-electron chi connectivity index (χ2n) is 8.47. The molecule has 3 amide bonds. The molecule has 0 spiro atoms. The molecule has 0 unspecified atom stereocenters. The number of pyridine rings is 3. The molecular formula is C24H25N5O3. The number of amides is 3. The molecule has 3 aromatic heterocycles. The van der Waals surface area contributed by atoms with Gasteiger partial charge < -0.3 is 4.74 Å². The Labute approximate surface area is 186 Å². The van der Waals surface area contributed by atoms with Gasteiger partial charge in [-0.15, -0.1) is 0 Å². The first kappa shape index (κ1) is 21.4. The number of nitrogens with one attached hydrogen (secondary N) is 1. The number of rotatable bonds is 4. The first-order chi connectivity index (χ1) is 15.2. The Hall–Kier alpha value is -3.81. The topological polar surface area (TPSA) is 97.3 Å². The Morgan fingerprint density at radius 3 is 2.56 bits per heavy atom. The SMILES string of the molecule is Cc1cc(-c2cc(Oc3ccc(NC(=O)N4CCC(C)(C)C4=O)nc3C)ccn2)ccn1. The number of carbonyl (C=O) groups is 2. The van der Waals surface area contributed by atoms with E-state index in [1.54, 1.807) is 37.5 Å². The van der Waals surface area contributed by atoms with Crippen LogP contribution in [0.4, 0.5) is 10.6 Å². The van der Waals surface area contributed by atoms with Crippen molar-refractivity contribution in [3.8, 4) is 22.8 Å². The zero-order valence-corrected chi connectivity index (χ0v) is 18.5. The second kappa shape index (κ2) is 8.37. The summed E-state index contributed by atoms with van der Waals surface area (Å²) in [4.78, 5) is 39.1. The van der Waals surface area contributed by atoms with Crippen molar-refractivity contribution in [1.82, 2.24) is 19.9 Å². The zero-order valence-electron chi connectivity index (χ0n) is 18.5. The van der Waals surface area contributed by atoms with Gasteiger partial charge in [0.05, 0.1) is 11.4 Å². The Balaban J connectivity index is 1.47. The summed E-state index contributed by atoms with van der Waals surface area (Å²) in [6, 6.07) is 10.4. The number of nitrogens with zero attached hydrogens (tertiary/aromatic N) is 4. The van der Waals surface area contributed by atoms with Crippen LogP contribution in [0, 0.1) is 19.3 Å². The molecule has 32 heavy (non-hydrogen) atoms. The fourth-order valence-corrected chi connectivity index (χ4v) is 3.53. The molecule has 4 heterocycles. The first-order valence-electron chi connectivity index (χ1n) is 10.4. The minimum absolute atomic E-state index is 0.176. The number of hydrogen-bond donors (Lipinski definition) is 1. The van der Waals surface area contributed by atoms with Crippen molar-refractivity contribution in [2.24, 2.45) is 5.41 Å². The minimum Gasteiger partial charge on any atom is -0.455 e. The van der Waals surface area contributed by atoms with Crippen LogP contribution in [-0.4, -0.2) is 38.3 Å². The van der Waals surface area contributed by atoms with Gasteiger partial charge in [0, 0.05) is 41.7 Å². The number of aromatic nitrogens is 3. The van der Waals surface area contributed by atoms with Crippen molar-refractivity contribution in [2.45, 2.75) is 34.1 Å². The Morgan fingerprint density at radius 2 is 1.88 bits per heavy atom. The van der Waals surface area contributed by atoms with Crippen LogP contribution < -0.4 is 10.1 Å². The summed E-state index contributed by atoms with van der Waals surface area (Å²) in [5.74, 6) is 1.37. The number of imide groups is 1. The molecule has 1 aliphatic rings. The van der Waals surface area contributed by atoms with Crippen LogP contribution in [0.25, 0.3) is 11.3 Å². The van der Waals surface area contributed by atoms with E-state index < -0.39 is 11.4 Å². The van der Waals surface area contributed by atoms with Gasteiger partial charge >= 0.3 is 6.03 Å². The predicted molar refractivity (Wildman–Crippen MR) is 120 cm³/mol. The van der Waals surface area contributed by atoms with Gasteiger partial charge in [-0.25, -0.2) is 9.78 Å². The maximum Gasteiger partial charge on any atom is 0.329 e. The third kappa shape index (κ3) is 4.44. The van der Waals surface area contributed by atoms with E-state index in [0.717, 1.165) is 17.0 Å². The highest BCUT2D eigenvalue weighted by molar-refractivity contribution is 6.03. The summed E-state index contributed by atoms with van der Waals surface area (Å²) in [6.07, 6.45) is 4.08. The van der Waals surface area contributed by atoms with Gasteiger partial charge in [-0.2, -0.15) is 0 Å².